The van der Waals surface area contributed by atoms with E-state index in [1.807, 2.05) is 5.32 Å². The van der Waals surface area contributed by atoms with Gasteiger partial charge in [-0.25, -0.2) is 14.0 Å². The number of nitrogens with one attached hydrogen (secondary N) is 1. The molecule has 0 fully saturated rings. The fourth-order valence-corrected chi connectivity index (χ4v) is 0.628. The quantitative estimate of drug-likeness (QED) is 0.753. The average molecular weight is 221 g/mol. The Morgan fingerprint density at radius 3 is 2.13 bits per heavy atom. The first-order valence-corrected chi connectivity index (χ1v) is 4.44. The fourth-order valence-electron chi connectivity index (χ4n) is 0.628. The van der Waals surface area contributed by atoms with Crippen LogP contribution in [0, 0.1) is 0 Å². The normalized spacial score (nSPS) is 15.3. The highest BCUT2D eigenvalue weighted by Gasteiger charge is 2.33. The van der Waals surface area contributed by atoms with Crippen molar-refractivity contribution in [2.45, 2.75) is 39.0 Å². The van der Waals surface area contributed by atoms with Gasteiger partial charge in [0.15, 0.2) is 0 Å². The molecule has 0 aliphatic rings. The Balaban J connectivity index is 4.07. The second-order valence-electron chi connectivity index (χ2n) is 4.36. The van der Waals surface area contributed by atoms with Crippen LogP contribution in [-0.2, 0) is 9.53 Å². The highest BCUT2D eigenvalue weighted by atomic mass is 19.1. The molecule has 1 amide bonds. The van der Waals surface area contributed by atoms with Crippen LogP contribution < -0.4 is 5.32 Å². The van der Waals surface area contributed by atoms with Crippen LogP contribution in [0.1, 0.15) is 27.7 Å². The lowest BCUT2D eigenvalue weighted by molar-refractivity contribution is -0.149. The van der Waals surface area contributed by atoms with E-state index < -0.39 is 29.9 Å². The molecule has 0 rings (SSSR count). The number of aliphatic carboxylic acids is 1. The van der Waals surface area contributed by atoms with Gasteiger partial charge in [-0.1, -0.05) is 0 Å². The van der Waals surface area contributed by atoms with Crippen LogP contribution >= 0.6 is 0 Å². The number of ether oxygens (including phenoxy) is 1. The van der Waals surface area contributed by atoms with Crippen LogP contribution in [0.2, 0.25) is 0 Å². The first-order valence-electron chi connectivity index (χ1n) is 4.44. The average Bonchev–Trinajstić information content (AvgIpc) is 1.97. The second-order valence-corrected chi connectivity index (χ2v) is 4.36. The number of amides is 1. The minimum absolute atomic E-state index is 0.628. The highest BCUT2D eigenvalue weighted by Crippen LogP contribution is 2.10. The zero-order valence-corrected chi connectivity index (χ0v) is 9.26. The molecule has 0 radical (unpaired) electrons. The fraction of sp³-hybridized carbons (Fsp3) is 0.778. The number of carbonyl (C=O) groups excluding carboxylic acids is 1. The number of carbonyl (C=O) groups is 2. The molecule has 5 nitrogen and oxygen atoms in total. The summed E-state index contributed by atoms with van der Waals surface area (Å²) in [7, 11) is 0. The molecular weight excluding hydrogens is 205 g/mol. The molecular formula is C9H16FNO4. The maximum Gasteiger partial charge on any atom is 0.407 e. The summed E-state index contributed by atoms with van der Waals surface area (Å²) in [4.78, 5) is 21.4. The molecule has 0 aromatic carbocycles. The molecule has 15 heavy (non-hydrogen) atoms. The molecule has 0 bridgehead atoms. The Labute approximate surface area is 87.6 Å². The van der Waals surface area contributed by atoms with E-state index in [-0.39, 0.29) is 0 Å². The van der Waals surface area contributed by atoms with Crippen molar-refractivity contribution in [3.63, 3.8) is 0 Å². The van der Waals surface area contributed by atoms with Crippen molar-refractivity contribution in [2.75, 3.05) is 6.54 Å². The maximum atomic E-state index is 13.1. The van der Waals surface area contributed by atoms with Gasteiger partial charge in [0.05, 0.1) is 6.54 Å². The first kappa shape index (κ1) is 13.7. The van der Waals surface area contributed by atoms with Gasteiger partial charge in [-0.3, -0.25) is 0 Å². The molecule has 6 heteroatoms. The molecule has 0 aromatic rings. The van der Waals surface area contributed by atoms with E-state index in [0.717, 1.165) is 6.92 Å². The number of rotatable bonds is 3. The summed E-state index contributed by atoms with van der Waals surface area (Å²) in [5, 5.41) is 10.5. The van der Waals surface area contributed by atoms with Crippen LogP contribution in [0.5, 0.6) is 0 Å². The van der Waals surface area contributed by atoms with E-state index >= 15 is 0 Å². The zero-order chi connectivity index (χ0) is 12.3. The predicted octanol–water partition coefficient (Wildman–Crippen LogP) is 1.32. The number of halogens is 1. The highest BCUT2D eigenvalue weighted by molar-refractivity contribution is 5.78. The predicted molar refractivity (Wildman–Crippen MR) is 51.4 cm³/mol. The Kier molecular flexibility index (Phi) is 4.06. The van der Waals surface area contributed by atoms with Crippen molar-refractivity contribution < 1.29 is 23.8 Å². The largest absolute Gasteiger partial charge is 0.479 e. The lowest BCUT2D eigenvalue weighted by Gasteiger charge is -2.21. The number of carboxylic acid groups (broad SMARTS) is 1. The monoisotopic (exact) mass is 221 g/mol. The van der Waals surface area contributed by atoms with Gasteiger partial charge in [-0.2, -0.15) is 0 Å². The molecule has 1 atom stereocenters. The molecule has 0 spiro atoms. The summed E-state index contributed by atoms with van der Waals surface area (Å²) in [5.74, 6) is -1.63. The van der Waals surface area contributed by atoms with Gasteiger partial charge in [0, 0.05) is 0 Å². The molecule has 0 aliphatic carbocycles. The molecule has 1 unspecified atom stereocenters. The third kappa shape index (κ3) is 5.87. The van der Waals surface area contributed by atoms with Crippen LogP contribution in [0.25, 0.3) is 0 Å². The lowest BCUT2D eigenvalue weighted by atomic mass is 10.1. The van der Waals surface area contributed by atoms with Gasteiger partial charge in [-0.15, -0.1) is 0 Å². The summed E-state index contributed by atoms with van der Waals surface area (Å²) >= 11 is 0. The Morgan fingerprint density at radius 2 is 1.80 bits per heavy atom. The molecule has 0 saturated carbocycles. The van der Waals surface area contributed by atoms with E-state index in [9.17, 15) is 14.0 Å². The third-order valence-electron chi connectivity index (χ3n) is 1.41. The lowest BCUT2D eigenvalue weighted by Crippen LogP contribution is -2.44. The third-order valence-corrected chi connectivity index (χ3v) is 1.41. The second kappa shape index (κ2) is 4.46. The van der Waals surface area contributed by atoms with Gasteiger partial charge in [0.2, 0.25) is 5.67 Å². The standard InChI is InChI=1S/C9H16FNO4/c1-8(2,3)15-7(14)11-5-9(4,10)6(12)13/h5H2,1-4H3,(H,11,14)(H,12,13). The van der Waals surface area contributed by atoms with Crippen LogP contribution in [0.15, 0.2) is 0 Å². The SMILES string of the molecule is CC(C)(C)OC(=O)NCC(C)(F)C(=O)O. The molecule has 0 aliphatic heterocycles. The Morgan fingerprint density at radius 1 is 1.33 bits per heavy atom. The van der Waals surface area contributed by atoms with Crippen molar-refractivity contribution in [3.05, 3.63) is 0 Å². The summed E-state index contributed by atoms with van der Waals surface area (Å²) in [6.07, 6.45) is -0.840. The minimum atomic E-state index is -2.49. The smallest absolute Gasteiger partial charge is 0.407 e. The maximum absolute atomic E-state index is 13.1. The van der Waals surface area contributed by atoms with E-state index in [0.29, 0.717) is 0 Å². The van der Waals surface area contributed by atoms with Gasteiger partial charge in [-0.05, 0) is 27.7 Å². The Bertz CT molecular complexity index is 257. The number of alkyl halides is 1. The number of hydrogen-bond donors (Lipinski definition) is 2. The van der Waals surface area contributed by atoms with E-state index in [1.54, 1.807) is 20.8 Å². The summed E-state index contributed by atoms with van der Waals surface area (Å²) in [6, 6.07) is 0. The van der Waals surface area contributed by atoms with Gasteiger partial charge in [0.25, 0.3) is 0 Å². The molecule has 2 N–H and O–H groups in total. The molecule has 0 heterocycles. The minimum Gasteiger partial charge on any atom is -0.479 e. The number of carboxylic acids is 1. The van der Waals surface area contributed by atoms with E-state index in [1.165, 1.54) is 0 Å². The van der Waals surface area contributed by atoms with Crippen molar-refractivity contribution in [1.29, 1.82) is 0 Å². The molecule has 0 saturated heterocycles. The van der Waals surface area contributed by atoms with E-state index in [2.05, 4.69) is 0 Å². The van der Waals surface area contributed by atoms with Crippen LogP contribution in [-0.4, -0.2) is 35.0 Å². The summed E-state index contributed by atoms with van der Waals surface area (Å²) < 4.78 is 17.9. The van der Waals surface area contributed by atoms with Crippen molar-refractivity contribution in [2.24, 2.45) is 0 Å². The van der Waals surface area contributed by atoms with Crippen molar-refractivity contribution in [3.8, 4) is 0 Å². The van der Waals surface area contributed by atoms with Gasteiger partial charge in [0.1, 0.15) is 5.60 Å². The number of alkyl carbamates (subject to hydrolysis) is 1. The topological polar surface area (TPSA) is 75.6 Å². The van der Waals surface area contributed by atoms with Crippen molar-refractivity contribution >= 4 is 12.1 Å². The summed E-state index contributed by atoms with van der Waals surface area (Å²) in [6.45, 7) is 5.19. The van der Waals surface area contributed by atoms with Gasteiger partial charge < -0.3 is 15.2 Å². The zero-order valence-electron chi connectivity index (χ0n) is 9.26. The van der Waals surface area contributed by atoms with E-state index in [4.69, 9.17) is 9.84 Å². The van der Waals surface area contributed by atoms with Crippen LogP contribution in [0.4, 0.5) is 9.18 Å². The van der Waals surface area contributed by atoms with Crippen molar-refractivity contribution in [1.82, 2.24) is 5.32 Å². The van der Waals surface area contributed by atoms with Crippen LogP contribution in [0.3, 0.4) is 0 Å². The Hall–Kier alpha value is -1.33. The summed E-state index contributed by atoms with van der Waals surface area (Å²) in [5.41, 5.74) is -3.18. The van der Waals surface area contributed by atoms with Gasteiger partial charge >= 0.3 is 12.1 Å². The molecule has 0 aromatic heterocycles. The molecule has 88 valence electrons. The number of hydrogen-bond acceptors (Lipinski definition) is 3. The first-order chi connectivity index (χ1) is 6.54.